The number of Topliss-reactive ketones (excluding diaryl/α,β-unsaturated/α-hetero) is 2. The van der Waals surface area contributed by atoms with Crippen LogP contribution in [0.4, 0.5) is 4.79 Å². The van der Waals surface area contributed by atoms with Crippen molar-refractivity contribution in [2.75, 3.05) is 26.3 Å². The number of carbonyl (C=O) groups is 4. The summed E-state index contributed by atoms with van der Waals surface area (Å²) in [6, 6.07) is 6.46. The molecule has 2 N–H and O–H groups in total. The van der Waals surface area contributed by atoms with E-state index in [0.717, 1.165) is 5.57 Å². The molecule has 10 nitrogen and oxygen atoms in total. The fourth-order valence-corrected chi connectivity index (χ4v) is 3.89. The molecule has 1 amide bonds. The Labute approximate surface area is 216 Å². The third-order valence-electron chi connectivity index (χ3n) is 5.62. The van der Waals surface area contributed by atoms with E-state index in [9.17, 15) is 19.2 Å². The van der Waals surface area contributed by atoms with E-state index in [2.05, 4.69) is 5.32 Å². The largest absolute Gasteiger partial charge is 0.482 e. The number of carbonyl (C=O) groups excluding carboxylic acids is 4. The third kappa shape index (κ3) is 7.77. The lowest BCUT2D eigenvalue weighted by molar-refractivity contribution is -0.149. The van der Waals surface area contributed by atoms with E-state index in [1.807, 2.05) is 13.8 Å². The van der Waals surface area contributed by atoms with Gasteiger partial charge in [-0.15, -0.1) is 0 Å². The van der Waals surface area contributed by atoms with Gasteiger partial charge in [-0.1, -0.05) is 26.0 Å². The van der Waals surface area contributed by atoms with Gasteiger partial charge in [-0.3, -0.25) is 20.3 Å². The van der Waals surface area contributed by atoms with E-state index in [4.69, 9.17) is 19.6 Å². The summed E-state index contributed by atoms with van der Waals surface area (Å²) in [7, 11) is 0. The van der Waals surface area contributed by atoms with Crippen molar-refractivity contribution in [2.45, 2.75) is 33.8 Å². The minimum Gasteiger partial charge on any atom is -0.482 e. The fraction of sp³-hybridized carbons (Fsp3) is 0.444. The van der Waals surface area contributed by atoms with Crippen molar-refractivity contribution in [1.82, 2.24) is 10.2 Å². The second-order valence-electron chi connectivity index (χ2n) is 9.66. The molecule has 1 heterocycles. The number of hydrogen-bond donors (Lipinski definition) is 2. The highest BCUT2D eigenvalue weighted by Crippen LogP contribution is 2.31. The summed E-state index contributed by atoms with van der Waals surface area (Å²) in [6.07, 6.45) is 4.13. The second-order valence-corrected chi connectivity index (χ2v) is 9.66. The predicted octanol–water partition coefficient (Wildman–Crippen LogP) is 3.13. The molecule has 3 rings (SSSR count). The van der Waals surface area contributed by atoms with Crippen LogP contribution in [0.2, 0.25) is 0 Å². The number of amides is 1. The van der Waals surface area contributed by atoms with E-state index in [0.29, 0.717) is 17.9 Å². The number of esters is 1. The van der Waals surface area contributed by atoms with Crippen molar-refractivity contribution in [3.63, 3.8) is 0 Å². The molecule has 2 atom stereocenters. The Balaban J connectivity index is 1.51. The molecule has 0 spiro atoms. The normalized spacial score (nSPS) is 18.4. The van der Waals surface area contributed by atoms with E-state index in [-0.39, 0.29) is 49.2 Å². The average molecular weight is 512 g/mol. The Morgan fingerprint density at radius 1 is 1.14 bits per heavy atom. The summed E-state index contributed by atoms with van der Waals surface area (Å²) in [5, 5.41) is 10.5. The van der Waals surface area contributed by atoms with Gasteiger partial charge in [-0.2, -0.15) is 0 Å². The second kappa shape index (κ2) is 12.3. The molecule has 0 radical (unpaired) electrons. The molecule has 0 saturated heterocycles. The van der Waals surface area contributed by atoms with Crippen molar-refractivity contribution in [3.05, 3.63) is 53.8 Å². The lowest BCUT2D eigenvalue weighted by Gasteiger charge is -2.23. The van der Waals surface area contributed by atoms with Crippen molar-refractivity contribution in [1.29, 1.82) is 5.41 Å². The number of amidine groups is 1. The highest BCUT2D eigenvalue weighted by Gasteiger charge is 2.38. The smallest absolute Gasteiger partial charge is 0.412 e. The molecule has 0 bridgehead atoms. The van der Waals surface area contributed by atoms with Crippen molar-refractivity contribution in [2.24, 2.45) is 17.8 Å². The molecule has 1 aromatic carbocycles. The number of benzene rings is 1. The SMILES string of the molecule is CC(C)COC(=O)NC(=N)C1C=CC2=CN(CC(=O)c3ccc(OCC(=O)OC(C)C)cc3)CC2C1=O. The Morgan fingerprint density at radius 2 is 1.84 bits per heavy atom. The third-order valence-corrected chi connectivity index (χ3v) is 5.62. The molecular weight excluding hydrogens is 478 g/mol. The van der Waals surface area contributed by atoms with Crippen LogP contribution in [0.1, 0.15) is 38.1 Å². The summed E-state index contributed by atoms with van der Waals surface area (Å²) >= 11 is 0. The van der Waals surface area contributed by atoms with Crippen LogP contribution in [0.3, 0.4) is 0 Å². The molecule has 2 aliphatic rings. The first-order chi connectivity index (χ1) is 17.5. The summed E-state index contributed by atoms with van der Waals surface area (Å²) in [5.41, 5.74) is 1.23. The van der Waals surface area contributed by atoms with E-state index < -0.39 is 23.9 Å². The first-order valence-electron chi connectivity index (χ1n) is 12.2. The fourth-order valence-electron chi connectivity index (χ4n) is 3.89. The van der Waals surface area contributed by atoms with Gasteiger partial charge in [0.05, 0.1) is 31.1 Å². The van der Waals surface area contributed by atoms with Crippen LogP contribution in [-0.2, 0) is 19.1 Å². The minimum atomic E-state index is -0.880. The quantitative estimate of drug-likeness (QED) is 0.212. The molecule has 1 aromatic rings. The zero-order chi connectivity index (χ0) is 27.1. The molecule has 10 heteroatoms. The molecule has 0 aromatic heterocycles. The number of alkyl carbamates (subject to hydrolysis) is 1. The molecule has 2 unspecified atom stereocenters. The minimum absolute atomic E-state index is 0.0733. The summed E-state index contributed by atoms with van der Waals surface area (Å²) in [5.74, 6) is -1.83. The number of ketones is 2. The molecule has 0 fully saturated rings. The Hall–Kier alpha value is -3.95. The zero-order valence-electron chi connectivity index (χ0n) is 21.5. The van der Waals surface area contributed by atoms with E-state index in [1.54, 1.807) is 61.4 Å². The number of ether oxygens (including phenoxy) is 3. The molecule has 0 saturated carbocycles. The zero-order valence-corrected chi connectivity index (χ0v) is 21.5. The van der Waals surface area contributed by atoms with Gasteiger partial charge in [-0.05, 0) is 49.6 Å². The van der Waals surface area contributed by atoms with Gasteiger partial charge in [0.2, 0.25) is 0 Å². The topological polar surface area (TPSA) is 135 Å². The number of hydrogen-bond acceptors (Lipinski definition) is 9. The average Bonchev–Trinajstić information content (AvgIpc) is 3.25. The van der Waals surface area contributed by atoms with Crippen LogP contribution in [0.15, 0.2) is 48.2 Å². The maximum Gasteiger partial charge on any atom is 0.412 e. The molecule has 37 heavy (non-hydrogen) atoms. The van der Waals surface area contributed by atoms with Crippen LogP contribution in [-0.4, -0.2) is 66.8 Å². The predicted molar refractivity (Wildman–Crippen MR) is 135 cm³/mol. The lowest BCUT2D eigenvalue weighted by atomic mass is 9.82. The van der Waals surface area contributed by atoms with Crippen LogP contribution >= 0.6 is 0 Å². The standard InChI is InChI=1S/C27H33N3O7/c1-16(2)14-36-27(34)29-26(28)21-10-7-19-11-30(12-22(19)25(21)33)13-23(31)18-5-8-20(9-6-18)35-15-24(32)37-17(3)4/h5-11,16-17,21-22H,12-15H2,1-4H3,(H2,28,29,34). The maximum absolute atomic E-state index is 13.0. The Bertz CT molecular complexity index is 1110. The number of nitrogens with one attached hydrogen (secondary N) is 2. The van der Waals surface area contributed by atoms with Gasteiger partial charge in [0.15, 0.2) is 18.2 Å². The molecular formula is C27H33N3O7. The summed E-state index contributed by atoms with van der Waals surface area (Å²) in [6.45, 7) is 7.68. The molecule has 198 valence electrons. The number of nitrogens with zero attached hydrogens (tertiary/aromatic N) is 1. The van der Waals surface area contributed by atoms with Crippen LogP contribution < -0.4 is 10.1 Å². The Morgan fingerprint density at radius 3 is 2.49 bits per heavy atom. The number of allylic oxidation sites excluding steroid dienone is 1. The van der Waals surface area contributed by atoms with Crippen LogP contribution in [0.25, 0.3) is 0 Å². The molecule has 1 aliphatic carbocycles. The Kier molecular flexibility index (Phi) is 9.21. The number of fused-ring (bicyclic) bond motifs is 1. The van der Waals surface area contributed by atoms with Gasteiger partial charge in [0, 0.05) is 18.3 Å². The molecule has 1 aliphatic heterocycles. The van der Waals surface area contributed by atoms with E-state index in [1.165, 1.54) is 0 Å². The van der Waals surface area contributed by atoms with Crippen LogP contribution in [0, 0.1) is 23.2 Å². The van der Waals surface area contributed by atoms with Gasteiger partial charge in [0.1, 0.15) is 11.6 Å². The highest BCUT2D eigenvalue weighted by molar-refractivity contribution is 6.11. The van der Waals surface area contributed by atoms with Gasteiger partial charge >= 0.3 is 12.1 Å². The first kappa shape index (κ1) is 27.6. The first-order valence-corrected chi connectivity index (χ1v) is 12.2. The highest BCUT2D eigenvalue weighted by atomic mass is 16.6. The van der Waals surface area contributed by atoms with Crippen molar-refractivity contribution >= 4 is 29.5 Å². The monoisotopic (exact) mass is 511 g/mol. The summed E-state index contributed by atoms with van der Waals surface area (Å²) < 4.78 is 15.4. The van der Waals surface area contributed by atoms with Gasteiger partial charge < -0.3 is 19.1 Å². The van der Waals surface area contributed by atoms with Crippen molar-refractivity contribution < 1.29 is 33.4 Å². The van der Waals surface area contributed by atoms with Gasteiger partial charge in [-0.25, -0.2) is 9.59 Å². The van der Waals surface area contributed by atoms with Crippen molar-refractivity contribution in [3.8, 4) is 5.75 Å². The lowest BCUT2D eigenvalue weighted by Crippen LogP contribution is -2.42. The van der Waals surface area contributed by atoms with Crippen LogP contribution in [0.5, 0.6) is 5.75 Å². The summed E-state index contributed by atoms with van der Waals surface area (Å²) in [4.78, 5) is 51.1. The maximum atomic E-state index is 13.0. The number of rotatable bonds is 10. The van der Waals surface area contributed by atoms with E-state index >= 15 is 0 Å². The van der Waals surface area contributed by atoms with Gasteiger partial charge in [0.25, 0.3) is 0 Å².